The minimum Gasteiger partial charge on any atom is -0.478 e. The predicted molar refractivity (Wildman–Crippen MR) is 135 cm³/mol. The molecular weight excluding hydrogens is 479 g/mol. The summed E-state index contributed by atoms with van der Waals surface area (Å²) >= 11 is 0. The normalized spacial score (nSPS) is 12.5. The summed E-state index contributed by atoms with van der Waals surface area (Å²) in [5, 5.41) is 43.7. The Balaban J connectivity index is 1.63. The second-order valence-corrected chi connectivity index (χ2v) is 8.59. The summed E-state index contributed by atoms with van der Waals surface area (Å²) in [5.41, 5.74) is 2.34. The Morgan fingerprint density at radius 1 is 0.703 bits per heavy atom. The van der Waals surface area contributed by atoms with Crippen molar-refractivity contribution >= 4 is 58.7 Å². The first-order valence-electron chi connectivity index (χ1n) is 11.1. The number of carboxylic acids is 3. The Hall–Kier alpha value is -5.46. The van der Waals surface area contributed by atoms with Crippen molar-refractivity contribution in [3.63, 3.8) is 0 Å². The largest absolute Gasteiger partial charge is 0.478 e. The van der Waals surface area contributed by atoms with Gasteiger partial charge >= 0.3 is 25.0 Å². The minimum atomic E-state index is -2.15. The van der Waals surface area contributed by atoms with Crippen LogP contribution in [0.2, 0.25) is 0 Å². The number of rotatable bonds is 6. The van der Waals surface area contributed by atoms with Crippen LogP contribution in [0, 0.1) is 0 Å². The van der Waals surface area contributed by atoms with Crippen molar-refractivity contribution in [1.29, 1.82) is 0 Å². The van der Waals surface area contributed by atoms with Crippen LogP contribution >= 0.6 is 0 Å². The number of benzene rings is 3. The van der Waals surface area contributed by atoms with E-state index in [-0.39, 0.29) is 16.7 Å². The molecule has 0 bridgehead atoms. The summed E-state index contributed by atoms with van der Waals surface area (Å²) in [5.74, 6) is -3.31. The predicted octanol–water partition coefficient (Wildman–Crippen LogP) is 1.78. The molecule has 181 valence electrons. The second-order valence-electron chi connectivity index (χ2n) is 8.59. The van der Waals surface area contributed by atoms with Gasteiger partial charge < -0.3 is 24.5 Å². The van der Waals surface area contributed by atoms with Gasteiger partial charge in [0.15, 0.2) is 0 Å². The summed E-state index contributed by atoms with van der Waals surface area (Å²) in [6.45, 7) is 0. The summed E-state index contributed by atoms with van der Waals surface area (Å²) < 4.78 is 3.20. The molecule has 0 atom stereocenters. The number of fused-ring (bicyclic) bond motifs is 3. The van der Waals surface area contributed by atoms with Gasteiger partial charge in [0.05, 0.1) is 40.3 Å². The van der Waals surface area contributed by atoms with E-state index in [4.69, 9.17) is 0 Å². The standard InChI is InChI=1S/C24H16BN6O6/c32-22(33)13-1-4-16-10-26-29(19(16)7-13)25(30-20-8-14(23(34)35)2-5-17(20)11-27-30)31-21-9-15(24(36)37)3-6-18(21)12-28-31/h1-12,25H,(H,32,33)(H,34,35)(H,36,37). The maximum absolute atomic E-state index is 11.7. The monoisotopic (exact) mass is 495 g/mol. The van der Waals surface area contributed by atoms with E-state index in [1.807, 2.05) is 0 Å². The number of hydrogen-bond acceptors (Lipinski definition) is 7. The van der Waals surface area contributed by atoms with E-state index in [9.17, 15) is 29.7 Å². The number of aromatic nitrogens is 4. The average molecular weight is 495 g/mol. The molecule has 0 spiro atoms. The van der Waals surface area contributed by atoms with Crippen molar-refractivity contribution in [3.05, 3.63) is 89.2 Å². The molecule has 12 nitrogen and oxygen atoms in total. The molecule has 0 fully saturated rings. The smallest absolute Gasteiger partial charge is 0.376 e. The zero-order valence-corrected chi connectivity index (χ0v) is 18.9. The van der Waals surface area contributed by atoms with Gasteiger partial charge in [0.25, 0.3) is 6.21 Å². The molecule has 2 aromatic heterocycles. The van der Waals surface area contributed by atoms with Gasteiger partial charge in [0, 0.05) is 21.8 Å². The first-order valence-corrected chi connectivity index (χ1v) is 11.1. The topological polar surface area (TPSA) is 165 Å². The fraction of sp³-hybridized carbons (Fsp3) is 0. The lowest BCUT2D eigenvalue weighted by atomic mass is 9.90. The maximum atomic E-state index is 11.7. The molecule has 0 saturated heterocycles. The van der Waals surface area contributed by atoms with Crippen LogP contribution in [-0.4, -0.2) is 65.9 Å². The first-order chi connectivity index (χ1) is 17.8. The van der Waals surface area contributed by atoms with Gasteiger partial charge in [-0.05, 0) is 42.5 Å². The van der Waals surface area contributed by atoms with E-state index in [2.05, 4.69) is 15.3 Å². The van der Waals surface area contributed by atoms with Crippen molar-refractivity contribution in [3.8, 4) is 0 Å². The lowest BCUT2D eigenvalue weighted by Crippen LogP contribution is -2.52. The van der Waals surface area contributed by atoms with Gasteiger partial charge in [-0.3, -0.25) is 0 Å². The van der Waals surface area contributed by atoms with Crippen LogP contribution < -0.4 is 10.0 Å². The highest BCUT2D eigenvalue weighted by atomic mass is 16.4. The lowest BCUT2D eigenvalue weighted by molar-refractivity contribution is 0.0686. The van der Waals surface area contributed by atoms with Crippen LogP contribution in [0.1, 0.15) is 36.6 Å². The van der Waals surface area contributed by atoms with Gasteiger partial charge in [0.1, 0.15) is 5.10 Å². The molecule has 3 N–H and O–H groups in total. The Labute approximate surface area is 207 Å². The zero-order chi connectivity index (χ0) is 25.8. The second kappa shape index (κ2) is 8.05. The minimum absolute atomic E-state index is 0.0596. The van der Waals surface area contributed by atoms with Gasteiger partial charge in [-0.1, -0.05) is 12.1 Å². The molecule has 3 heterocycles. The number of carboxylic acid groups (broad SMARTS) is 3. The van der Waals surface area contributed by atoms with Gasteiger partial charge in [-0.15, -0.1) is 0 Å². The lowest BCUT2D eigenvalue weighted by Gasteiger charge is -2.30. The van der Waals surface area contributed by atoms with Crippen LogP contribution in [0.3, 0.4) is 0 Å². The Kier molecular flexibility index (Phi) is 4.80. The molecule has 5 aromatic rings. The molecule has 1 radical (unpaired) electrons. The van der Waals surface area contributed by atoms with Gasteiger partial charge in [0.2, 0.25) is 0 Å². The van der Waals surface area contributed by atoms with E-state index < -0.39 is 25.0 Å². The Bertz CT molecular complexity index is 1720. The van der Waals surface area contributed by atoms with Crippen LogP contribution in [0.15, 0.2) is 67.0 Å². The van der Waals surface area contributed by atoms with E-state index in [1.165, 1.54) is 36.4 Å². The van der Waals surface area contributed by atoms with Crippen molar-refractivity contribution in [2.24, 2.45) is 0 Å². The molecule has 0 unspecified atom stereocenters. The number of carbonyl (C=O) groups is 3. The van der Waals surface area contributed by atoms with Crippen molar-refractivity contribution < 1.29 is 29.7 Å². The summed E-state index contributed by atoms with van der Waals surface area (Å²) in [6, 6.07) is 13.8. The maximum Gasteiger partial charge on any atom is 0.376 e. The molecule has 1 aliphatic rings. The van der Waals surface area contributed by atoms with E-state index in [1.54, 1.807) is 50.9 Å². The Morgan fingerprint density at radius 2 is 1.19 bits per heavy atom. The van der Waals surface area contributed by atoms with Crippen LogP contribution in [0.4, 0.5) is 5.69 Å². The summed E-state index contributed by atoms with van der Waals surface area (Å²) in [7, 11) is -2.15. The molecular formula is C24H16BN6O6. The number of nitrogens with zero attached hydrogens (tertiary/aromatic N) is 6. The zero-order valence-electron chi connectivity index (χ0n) is 18.9. The SMILES string of the molecule is O=C(O)c1ccc2c(c1)N([BH-](n1ncc3ccc(C(=O)O)cc31)n1ncc3ccc(C(=O)O)cc31)[N+]=C2. The highest BCUT2D eigenvalue weighted by Gasteiger charge is 2.34. The first kappa shape index (κ1) is 22.0. The number of hydrogen-bond donors (Lipinski definition) is 3. The van der Waals surface area contributed by atoms with E-state index in [0.717, 1.165) is 0 Å². The van der Waals surface area contributed by atoms with Crippen molar-refractivity contribution in [2.45, 2.75) is 0 Å². The summed E-state index contributed by atoms with van der Waals surface area (Å²) in [4.78, 5) is 36.7. The third-order valence-electron chi connectivity index (χ3n) is 6.48. The number of hydrazone groups is 1. The van der Waals surface area contributed by atoms with E-state index in [0.29, 0.717) is 33.1 Å². The molecule has 37 heavy (non-hydrogen) atoms. The van der Waals surface area contributed by atoms with Gasteiger partial charge in [-0.2, -0.15) is 0 Å². The van der Waals surface area contributed by atoms with Crippen LogP contribution in [-0.2, 0) is 0 Å². The van der Waals surface area contributed by atoms with Gasteiger partial charge in [-0.25, -0.2) is 29.5 Å². The number of anilines is 1. The highest BCUT2D eigenvalue weighted by molar-refractivity contribution is 6.61. The van der Waals surface area contributed by atoms with Crippen LogP contribution in [0.5, 0.6) is 0 Å². The van der Waals surface area contributed by atoms with E-state index >= 15 is 0 Å². The molecule has 3 aromatic carbocycles. The quantitative estimate of drug-likeness (QED) is 0.298. The fourth-order valence-corrected chi connectivity index (χ4v) is 4.67. The Morgan fingerprint density at radius 3 is 1.70 bits per heavy atom. The molecule has 6 rings (SSSR count). The summed E-state index contributed by atoms with van der Waals surface area (Å²) in [6.07, 6.45) is 4.76. The molecule has 0 saturated carbocycles. The van der Waals surface area contributed by atoms with Crippen molar-refractivity contribution in [1.82, 2.24) is 24.5 Å². The third-order valence-corrected chi connectivity index (χ3v) is 6.48. The van der Waals surface area contributed by atoms with Crippen LogP contribution in [0.25, 0.3) is 21.8 Å². The number of aromatic carboxylic acids is 3. The molecule has 1 aliphatic heterocycles. The average Bonchev–Trinajstić information content (AvgIpc) is 3.61. The van der Waals surface area contributed by atoms with Crippen molar-refractivity contribution in [2.75, 3.05) is 4.92 Å². The molecule has 0 aliphatic carbocycles. The molecule has 13 heteroatoms. The third kappa shape index (κ3) is 3.48. The highest BCUT2D eigenvalue weighted by Crippen LogP contribution is 2.28. The molecule has 0 amide bonds. The fourth-order valence-electron chi connectivity index (χ4n) is 4.67.